The maximum absolute atomic E-state index is 12.4. The van der Waals surface area contributed by atoms with Gasteiger partial charge in [-0.1, -0.05) is 11.6 Å². The molecule has 0 aromatic carbocycles. The van der Waals surface area contributed by atoms with Crippen LogP contribution in [0.3, 0.4) is 0 Å². The standard InChI is InChI=1S/C16H22ClN3O3/c1-16(2,3)23-15(22)19-9-11-6-8-20(10-11)14(21)12-5-4-7-18-13(12)17/h4-5,7,11H,6,8-10H2,1-3H3,(H,19,22)/t11-/m0/s1. The summed E-state index contributed by atoms with van der Waals surface area (Å²) in [5.41, 5.74) is -0.103. The minimum atomic E-state index is -0.515. The van der Waals surface area contributed by atoms with Gasteiger partial charge < -0.3 is 15.0 Å². The van der Waals surface area contributed by atoms with Crippen LogP contribution < -0.4 is 5.32 Å². The molecule has 0 spiro atoms. The first-order valence-electron chi connectivity index (χ1n) is 7.63. The Kier molecular flexibility index (Phi) is 5.46. The average Bonchev–Trinajstić information content (AvgIpc) is 2.92. The van der Waals surface area contributed by atoms with Crippen LogP contribution in [0.15, 0.2) is 18.3 Å². The molecule has 6 nitrogen and oxygen atoms in total. The topological polar surface area (TPSA) is 71.5 Å². The van der Waals surface area contributed by atoms with Crippen molar-refractivity contribution in [3.8, 4) is 0 Å². The van der Waals surface area contributed by atoms with Crippen LogP contribution >= 0.6 is 11.6 Å². The summed E-state index contributed by atoms with van der Waals surface area (Å²) in [5.74, 6) is 0.0878. The van der Waals surface area contributed by atoms with E-state index < -0.39 is 11.7 Å². The summed E-state index contributed by atoms with van der Waals surface area (Å²) in [6.07, 6.45) is 1.95. The molecule has 1 aliphatic heterocycles. The van der Waals surface area contributed by atoms with Gasteiger partial charge in [0.2, 0.25) is 0 Å². The highest BCUT2D eigenvalue weighted by Crippen LogP contribution is 2.21. The average molecular weight is 340 g/mol. The fourth-order valence-corrected chi connectivity index (χ4v) is 2.64. The zero-order valence-electron chi connectivity index (χ0n) is 13.6. The molecule has 2 amide bonds. The van der Waals surface area contributed by atoms with Crippen molar-refractivity contribution in [2.75, 3.05) is 19.6 Å². The van der Waals surface area contributed by atoms with E-state index in [1.54, 1.807) is 23.2 Å². The second-order valence-electron chi connectivity index (χ2n) is 6.63. The number of nitrogens with zero attached hydrogens (tertiary/aromatic N) is 2. The quantitative estimate of drug-likeness (QED) is 0.859. The van der Waals surface area contributed by atoms with Crippen LogP contribution in [0.25, 0.3) is 0 Å². The number of ether oxygens (including phenoxy) is 1. The largest absolute Gasteiger partial charge is 0.444 e. The van der Waals surface area contributed by atoms with E-state index in [0.717, 1.165) is 6.42 Å². The van der Waals surface area contributed by atoms with E-state index in [0.29, 0.717) is 25.2 Å². The number of pyridine rings is 1. The van der Waals surface area contributed by atoms with E-state index in [2.05, 4.69) is 10.3 Å². The summed E-state index contributed by atoms with van der Waals surface area (Å²) in [6, 6.07) is 3.36. The summed E-state index contributed by atoms with van der Waals surface area (Å²) in [5, 5.41) is 2.97. The number of carbonyl (C=O) groups is 2. The van der Waals surface area contributed by atoms with Crippen LogP contribution in [0.2, 0.25) is 5.15 Å². The number of alkyl carbamates (subject to hydrolysis) is 1. The minimum Gasteiger partial charge on any atom is -0.444 e. The van der Waals surface area contributed by atoms with Crippen molar-refractivity contribution < 1.29 is 14.3 Å². The van der Waals surface area contributed by atoms with Crippen LogP contribution in [0.5, 0.6) is 0 Å². The van der Waals surface area contributed by atoms with Gasteiger partial charge in [-0.2, -0.15) is 0 Å². The molecular formula is C16H22ClN3O3. The van der Waals surface area contributed by atoms with E-state index >= 15 is 0 Å². The molecule has 2 rings (SSSR count). The van der Waals surface area contributed by atoms with Crippen LogP contribution in [-0.4, -0.2) is 47.1 Å². The van der Waals surface area contributed by atoms with Gasteiger partial charge >= 0.3 is 6.09 Å². The SMILES string of the molecule is CC(C)(C)OC(=O)NC[C@@H]1CCN(C(=O)c2cccnc2Cl)C1. The number of hydrogen-bond donors (Lipinski definition) is 1. The zero-order chi connectivity index (χ0) is 17.0. The molecule has 7 heteroatoms. The molecular weight excluding hydrogens is 318 g/mol. The van der Waals surface area contributed by atoms with Crippen LogP contribution in [0.4, 0.5) is 4.79 Å². The van der Waals surface area contributed by atoms with E-state index in [1.807, 2.05) is 20.8 Å². The van der Waals surface area contributed by atoms with Crippen molar-refractivity contribution in [1.29, 1.82) is 0 Å². The Hall–Kier alpha value is -1.82. The highest BCUT2D eigenvalue weighted by atomic mass is 35.5. The second-order valence-corrected chi connectivity index (χ2v) is 6.99. The third-order valence-corrected chi connectivity index (χ3v) is 3.80. The van der Waals surface area contributed by atoms with Crippen molar-refractivity contribution in [3.63, 3.8) is 0 Å². The molecule has 0 saturated carbocycles. The molecule has 1 fully saturated rings. The molecule has 1 saturated heterocycles. The number of amides is 2. The van der Waals surface area contributed by atoms with Crippen LogP contribution in [0, 0.1) is 5.92 Å². The molecule has 1 N–H and O–H groups in total. The molecule has 0 unspecified atom stereocenters. The van der Waals surface area contributed by atoms with Crippen molar-refractivity contribution >= 4 is 23.6 Å². The lowest BCUT2D eigenvalue weighted by molar-refractivity contribution is 0.0520. The first kappa shape index (κ1) is 17.5. The Bertz CT molecular complexity index is 586. The molecule has 1 aromatic heterocycles. The van der Waals surface area contributed by atoms with E-state index in [9.17, 15) is 9.59 Å². The van der Waals surface area contributed by atoms with Gasteiger partial charge in [0.1, 0.15) is 10.8 Å². The van der Waals surface area contributed by atoms with Crippen LogP contribution in [0.1, 0.15) is 37.6 Å². The molecule has 1 atom stereocenters. The van der Waals surface area contributed by atoms with Gasteiger partial charge in [-0.15, -0.1) is 0 Å². The maximum Gasteiger partial charge on any atom is 0.407 e. The number of likely N-dealkylation sites (tertiary alicyclic amines) is 1. The van der Waals surface area contributed by atoms with Crippen molar-refractivity contribution in [2.24, 2.45) is 5.92 Å². The fourth-order valence-electron chi connectivity index (χ4n) is 2.44. The Labute approximate surface area is 141 Å². The van der Waals surface area contributed by atoms with E-state index in [1.165, 1.54) is 0 Å². The van der Waals surface area contributed by atoms with Gasteiger partial charge in [-0.05, 0) is 45.2 Å². The smallest absolute Gasteiger partial charge is 0.407 e. The minimum absolute atomic E-state index is 0.122. The number of carbonyl (C=O) groups excluding carboxylic acids is 2. The second kappa shape index (κ2) is 7.17. The maximum atomic E-state index is 12.4. The number of nitrogens with one attached hydrogen (secondary N) is 1. The zero-order valence-corrected chi connectivity index (χ0v) is 14.4. The monoisotopic (exact) mass is 339 g/mol. The van der Waals surface area contributed by atoms with Crippen molar-refractivity contribution in [2.45, 2.75) is 32.8 Å². The summed E-state index contributed by atoms with van der Waals surface area (Å²) in [4.78, 5) is 29.8. The Morgan fingerprint density at radius 1 is 1.48 bits per heavy atom. The molecule has 1 aliphatic rings. The summed E-state index contributed by atoms with van der Waals surface area (Å²) < 4.78 is 5.20. The predicted molar refractivity (Wildman–Crippen MR) is 87.5 cm³/mol. The first-order valence-corrected chi connectivity index (χ1v) is 8.00. The molecule has 23 heavy (non-hydrogen) atoms. The highest BCUT2D eigenvalue weighted by molar-refractivity contribution is 6.32. The lowest BCUT2D eigenvalue weighted by Crippen LogP contribution is -2.36. The van der Waals surface area contributed by atoms with Gasteiger partial charge in [-0.3, -0.25) is 4.79 Å². The Morgan fingerprint density at radius 3 is 2.87 bits per heavy atom. The van der Waals surface area contributed by atoms with Crippen molar-refractivity contribution in [1.82, 2.24) is 15.2 Å². The highest BCUT2D eigenvalue weighted by Gasteiger charge is 2.28. The van der Waals surface area contributed by atoms with Gasteiger partial charge in [0.25, 0.3) is 5.91 Å². The number of rotatable bonds is 3. The third kappa shape index (κ3) is 5.10. The summed E-state index contributed by atoms with van der Waals surface area (Å²) in [7, 11) is 0. The van der Waals surface area contributed by atoms with Crippen molar-refractivity contribution in [3.05, 3.63) is 29.0 Å². The third-order valence-electron chi connectivity index (χ3n) is 3.50. The molecule has 1 aromatic rings. The van der Waals surface area contributed by atoms with Gasteiger partial charge in [-0.25, -0.2) is 9.78 Å². The summed E-state index contributed by atoms with van der Waals surface area (Å²) in [6.45, 7) is 7.17. The van der Waals surface area contributed by atoms with E-state index in [4.69, 9.17) is 16.3 Å². The molecule has 126 valence electrons. The molecule has 0 bridgehead atoms. The lowest BCUT2D eigenvalue weighted by atomic mass is 10.1. The lowest BCUT2D eigenvalue weighted by Gasteiger charge is -2.21. The number of hydrogen-bond acceptors (Lipinski definition) is 4. The Balaban J connectivity index is 1.83. The van der Waals surface area contributed by atoms with Crippen LogP contribution in [-0.2, 0) is 4.74 Å². The van der Waals surface area contributed by atoms with E-state index in [-0.39, 0.29) is 17.0 Å². The normalized spacial score (nSPS) is 17.9. The van der Waals surface area contributed by atoms with Gasteiger partial charge in [0.05, 0.1) is 5.56 Å². The summed E-state index contributed by atoms with van der Waals surface area (Å²) >= 11 is 5.97. The van der Waals surface area contributed by atoms with Gasteiger partial charge in [0, 0.05) is 25.8 Å². The molecule has 2 heterocycles. The first-order chi connectivity index (χ1) is 10.8. The number of aromatic nitrogens is 1. The molecule has 0 radical (unpaired) electrons. The van der Waals surface area contributed by atoms with Gasteiger partial charge in [0.15, 0.2) is 0 Å². The predicted octanol–water partition coefficient (Wildman–Crippen LogP) is 2.72. The fraction of sp³-hybridized carbons (Fsp3) is 0.562. The molecule has 0 aliphatic carbocycles. The Morgan fingerprint density at radius 2 is 2.22 bits per heavy atom. The number of halogens is 1.